The molecule has 4 rings (SSSR count). The van der Waals surface area contributed by atoms with Crippen LogP contribution < -0.4 is 5.32 Å². The third-order valence-corrected chi connectivity index (χ3v) is 5.33. The van der Waals surface area contributed by atoms with E-state index in [2.05, 4.69) is 15.3 Å². The first-order valence-electron chi connectivity index (χ1n) is 8.08. The number of hydrogen-bond donors (Lipinski definition) is 1. The van der Waals surface area contributed by atoms with Crippen LogP contribution in [0.5, 0.6) is 0 Å². The summed E-state index contributed by atoms with van der Waals surface area (Å²) in [4.78, 5) is 21.8. The molecule has 0 bridgehead atoms. The molecule has 0 aliphatic carbocycles. The van der Waals surface area contributed by atoms with Crippen LogP contribution in [-0.2, 0) is 7.05 Å². The second-order valence-electron chi connectivity index (χ2n) is 6.04. The molecule has 0 saturated heterocycles. The molecule has 0 radical (unpaired) electrons. The maximum absolute atomic E-state index is 13.8. The first-order chi connectivity index (χ1) is 12.9. The molecule has 0 fully saturated rings. The van der Waals surface area contributed by atoms with E-state index in [1.54, 1.807) is 13.1 Å². The van der Waals surface area contributed by atoms with Gasteiger partial charge in [-0.15, -0.1) is 11.3 Å². The van der Waals surface area contributed by atoms with Crippen LogP contribution in [0.2, 0.25) is 0 Å². The Morgan fingerprint density at radius 1 is 1.26 bits per heavy atom. The number of hydrogen-bond acceptors (Lipinski definition) is 4. The molecule has 27 heavy (non-hydrogen) atoms. The Bertz CT molecular complexity index is 1180. The van der Waals surface area contributed by atoms with Crippen LogP contribution in [0.25, 0.3) is 21.6 Å². The van der Waals surface area contributed by atoms with Crippen LogP contribution in [0.15, 0.2) is 42.7 Å². The van der Waals surface area contributed by atoms with Crippen LogP contribution >= 0.6 is 11.3 Å². The molecule has 3 aromatic heterocycles. The highest BCUT2D eigenvalue weighted by atomic mass is 32.1. The summed E-state index contributed by atoms with van der Waals surface area (Å²) in [6.45, 7) is 1.71. The number of nitrogens with zero attached hydrogens (tertiary/aromatic N) is 3. The minimum Gasteiger partial charge on any atom is -0.335 e. The van der Waals surface area contributed by atoms with E-state index in [4.69, 9.17) is 0 Å². The number of carbonyl (C=O) groups excluding carboxylic acids is 1. The van der Waals surface area contributed by atoms with Gasteiger partial charge in [-0.25, -0.2) is 18.7 Å². The molecule has 1 N–H and O–H groups in total. The monoisotopic (exact) mass is 384 g/mol. The van der Waals surface area contributed by atoms with E-state index >= 15 is 0 Å². The molecule has 1 amide bonds. The summed E-state index contributed by atoms with van der Waals surface area (Å²) in [6, 6.07) is 6.69. The van der Waals surface area contributed by atoms with Gasteiger partial charge in [0.05, 0.1) is 11.4 Å². The molecule has 5 nitrogen and oxygen atoms in total. The zero-order valence-electron chi connectivity index (χ0n) is 14.5. The van der Waals surface area contributed by atoms with E-state index in [-0.39, 0.29) is 5.69 Å². The predicted molar refractivity (Wildman–Crippen MR) is 101 cm³/mol. The Morgan fingerprint density at radius 3 is 2.89 bits per heavy atom. The minimum absolute atomic E-state index is 0.205. The van der Waals surface area contributed by atoms with Crippen molar-refractivity contribution in [2.24, 2.45) is 7.05 Å². The fourth-order valence-corrected chi connectivity index (χ4v) is 3.86. The number of aromatic nitrogens is 3. The lowest BCUT2D eigenvalue weighted by atomic mass is 10.2. The molecule has 136 valence electrons. The van der Waals surface area contributed by atoms with E-state index in [9.17, 15) is 13.6 Å². The summed E-state index contributed by atoms with van der Waals surface area (Å²) in [5.74, 6) is -1.86. The SMILES string of the molecule is Cc1nc(-c2cn(C)c3ncccc23)sc1C(=O)Nc1cc(F)ccc1F. The number of halogens is 2. The fraction of sp³-hybridized carbons (Fsp3) is 0.105. The Balaban J connectivity index is 1.71. The van der Waals surface area contributed by atoms with Crippen molar-refractivity contribution in [1.29, 1.82) is 0 Å². The number of aryl methyl sites for hydroxylation is 2. The van der Waals surface area contributed by atoms with E-state index in [1.165, 1.54) is 11.3 Å². The number of carbonyl (C=O) groups is 1. The van der Waals surface area contributed by atoms with Gasteiger partial charge >= 0.3 is 0 Å². The highest BCUT2D eigenvalue weighted by Crippen LogP contribution is 2.34. The van der Waals surface area contributed by atoms with Crippen molar-refractivity contribution >= 4 is 34.0 Å². The highest BCUT2D eigenvalue weighted by Gasteiger charge is 2.20. The van der Waals surface area contributed by atoms with E-state index in [1.807, 2.05) is 29.9 Å². The lowest BCUT2D eigenvalue weighted by Crippen LogP contribution is -2.12. The standard InChI is InChI=1S/C19H14F2N4OS/c1-10-16(18(26)24-15-8-11(20)5-6-14(15)21)27-19(23-10)13-9-25(2)17-12(13)4-3-7-22-17/h3-9H,1-2H3,(H,24,26). The molecule has 0 atom stereocenters. The van der Waals surface area contributed by atoms with E-state index in [0.29, 0.717) is 15.6 Å². The van der Waals surface area contributed by atoms with Gasteiger partial charge in [0.25, 0.3) is 5.91 Å². The normalized spacial score (nSPS) is 11.1. The molecule has 0 aliphatic heterocycles. The largest absolute Gasteiger partial charge is 0.335 e. The van der Waals surface area contributed by atoms with Crippen molar-refractivity contribution < 1.29 is 13.6 Å². The number of benzene rings is 1. The molecular weight excluding hydrogens is 370 g/mol. The van der Waals surface area contributed by atoms with Gasteiger partial charge in [-0.05, 0) is 31.2 Å². The summed E-state index contributed by atoms with van der Waals surface area (Å²) in [5.41, 5.74) is 1.99. The van der Waals surface area contributed by atoms with Crippen LogP contribution in [0.4, 0.5) is 14.5 Å². The van der Waals surface area contributed by atoms with Gasteiger partial charge in [-0.1, -0.05) is 0 Å². The number of rotatable bonds is 3. The van der Waals surface area contributed by atoms with Crippen molar-refractivity contribution in [2.45, 2.75) is 6.92 Å². The average Bonchev–Trinajstić information content (AvgIpc) is 3.19. The third kappa shape index (κ3) is 3.08. The van der Waals surface area contributed by atoms with Gasteiger partial charge in [0.1, 0.15) is 27.2 Å². The second-order valence-corrected chi connectivity index (χ2v) is 7.04. The Hall–Kier alpha value is -3.13. The fourth-order valence-electron chi connectivity index (χ4n) is 2.88. The van der Waals surface area contributed by atoms with Gasteiger partial charge in [0.2, 0.25) is 0 Å². The van der Waals surface area contributed by atoms with Crippen LogP contribution in [0.1, 0.15) is 15.4 Å². The maximum atomic E-state index is 13.8. The van der Waals surface area contributed by atoms with Gasteiger partial charge in [0, 0.05) is 36.5 Å². The molecule has 0 aliphatic rings. The van der Waals surface area contributed by atoms with Crippen molar-refractivity contribution in [3.05, 3.63) is 64.9 Å². The lowest BCUT2D eigenvalue weighted by molar-refractivity contribution is 0.102. The molecule has 3 heterocycles. The van der Waals surface area contributed by atoms with Crippen molar-refractivity contribution in [3.8, 4) is 10.6 Å². The maximum Gasteiger partial charge on any atom is 0.267 e. The Morgan fingerprint density at radius 2 is 2.07 bits per heavy atom. The van der Waals surface area contributed by atoms with Gasteiger partial charge in [-0.2, -0.15) is 0 Å². The molecular formula is C19H14F2N4OS. The minimum atomic E-state index is -0.702. The zero-order chi connectivity index (χ0) is 19.1. The van der Waals surface area contributed by atoms with Crippen molar-refractivity contribution in [1.82, 2.24) is 14.5 Å². The van der Waals surface area contributed by atoms with Crippen molar-refractivity contribution in [3.63, 3.8) is 0 Å². The van der Waals surface area contributed by atoms with Gasteiger partial charge in [0.15, 0.2) is 0 Å². The highest BCUT2D eigenvalue weighted by molar-refractivity contribution is 7.17. The predicted octanol–water partition coefficient (Wildman–Crippen LogP) is 4.54. The lowest BCUT2D eigenvalue weighted by Gasteiger charge is -2.05. The molecule has 0 saturated carbocycles. The molecule has 0 spiro atoms. The van der Waals surface area contributed by atoms with Crippen LogP contribution in [0, 0.1) is 18.6 Å². The summed E-state index contributed by atoms with van der Waals surface area (Å²) >= 11 is 1.20. The topological polar surface area (TPSA) is 59.8 Å². The zero-order valence-corrected chi connectivity index (χ0v) is 15.3. The molecule has 8 heteroatoms. The number of nitrogens with one attached hydrogen (secondary N) is 1. The molecule has 0 unspecified atom stereocenters. The number of fused-ring (bicyclic) bond motifs is 1. The quantitative estimate of drug-likeness (QED) is 0.564. The first-order valence-corrected chi connectivity index (χ1v) is 8.90. The average molecular weight is 384 g/mol. The summed E-state index contributed by atoms with van der Waals surface area (Å²) in [5, 5.41) is 4.00. The number of anilines is 1. The summed E-state index contributed by atoms with van der Waals surface area (Å²) in [7, 11) is 1.89. The summed E-state index contributed by atoms with van der Waals surface area (Å²) in [6.07, 6.45) is 3.62. The van der Waals surface area contributed by atoms with Gasteiger partial charge in [-0.3, -0.25) is 4.79 Å². The third-order valence-electron chi connectivity index (χ3n) is 4.14. The van der Waals surface area contributed by atoms with Crippen molar-refractivity contribution in [2.75, 3.05) is 5.32 Å². The second kappa shape index (κ2) is 6.55. The first kappa shape index (κ1) is 17.3. The van der Waals surface area contributed by atoms with Crippen LogP contribution in [0.3, 0.4) is 0 Å². The molecule has 1 aromatic carbocycles. The number of pyridine rings is 1. The smallest absolute Gasteiger partial charge is 0.267 e. The van der Waals surface area contributed by atoms with Crippen LogP contribution in [-0.4, -0.2) is 20.4 Å². The number of thiazole rings is 1. The summed E-state index contributed by atoms with van der Waals surface area (Å²) < 4.78 is 29.0. The van der Waals surface area contributed by atoms with E-state index in [0.717, 1.165) is 34.8 Å². The Kier molecular flexibility index (Phi) is 4.19. The number of amides is 1. The Labute approximate surface area is 157 Å². The van der Waals surface area contributed by atoms with Gasteiger partial charge < -0.3 is 9.88 Å². The molecule has 4 aromatic rings. The van der Waals surface area contributed by atoms with E-state index < -0.39 is 17.5 Å².